The topological polar surface area (TPSA) is 18.5 Å². The maximum Gasteiger partial charge on any atom is 0.118 e. The normalized spacial score (nSPS) is 11.1. The molecule has 0 saturated heterocycles. The van der Waals surface area contributed by atoms with E-state index >= 15 is 0 Å². The molecule has 3 aromatic carbocycles. The van der Waals surface area contributed by atoms with E-state index in [1.807, 2.05) is 42.5 Å². The summed E-state index contributed by atoms with van der Waals surface area (Å²) >= 11 is 0. The minimum Gasteiger partial charge on any atom is -0.497 e. The van der Waals surface area contributed by atoms with Crippen LogP contribution >= 0.6 is 0 Å². The van der Waals surface area contributed by atoms with Gasteiger partial charge >= 0.3 is 0 Å². The predicted octanol–water partition coefficient (Wildman–Crippen LogP) is 4.87. The van der Waals surface area contributed by atoms with Gasteiger partial charge in [0.1, 0.15) is 11.5 Å². The molecule has 0 aromatic heterocycles. The Morgan fingerprint density at radius 2 is 0.958 bits per heavy atom. The van der Waals surface area contributed by atoms with Gasteiger partial charge in [0.05, 0.1) is 14.2 Å². The minimum absolute atomic E-state index is 0.500. The number of methoxy groups -OCH3 is 2. The number of ether oxygens (including phenoxy) is 2. The lowest BCUT2D eigenvalue weighted by Gasteiger charge is -2.32. The lowest BCUT2D eigenvalue weighted by molar-refractivity contribution is 0.414. The molecule has 0 spiro atoms. The second kappa shape index (κ2) is 6.79. The Morgan fingerprint density at radius 1 is 0.583 bits per heavy atom. The lowest BCUT2D eigenvalue weighted by Crippen LogP contribution is -2.25. The first-order valence-electron chi connectivity index (χ1n) is 7.88. The van der Waals surface area contributed by atoms with Crippen LogP contribution in [0.15, 0.2) is 78.9 Å². The van der Waals surface area contributed by atoms with Gasteiger partial charge in [-0.15, -0.1) is 0 Å². The average molecular weight is 317 g/mol. The molecule has 0 amide bonds. The van der Waals surface area contributed by atoms with Gasteiger partial charge in [-0.3, -0.25) is 0 Å². The molecule has 0 heterocycles. The van der Waals surface area contributed by atoms with Gasteiger partial charge in [-0.2, -0.15) is 0 Å². The van der Waals surface area contributed by atoms with E-state index in [0.29, 0.717) is 0 Å². The van der Waals surface area contributed by atoms with Crippen LogP contribution in [0.4, 0.5) is 0 Å². The predicted molar refractivity (Wildman–Crippen MR) is 97.7 cm³/mol. The van der Waals surface area contributed by atoms with Crippen LogP contribution in [-0.4, -0.2) is 14.2 Å². The fraction of sp³-hybridized carbons (Fsp3) is 0.136. The Balaban J connectivity index is 2.16. The van der Waals surface area contributed by atoms with E-state index in [0.717, 1.165) is 28.2 Å². The fourth-order valence-corrected chi connectivity index (χ4v) is 2.97. The van der Waals surface area contributed by atoms with Crippen molar-refractivity contribution in [2.75, 3.05) is 14.2 Å². The van der Waals surface area contributed by atoms with E-state index in [1.54, 1.807) is 14.2 Å². The Hall–Kier alpha value is -2.74. The molecule has 0 unspecified atom stereocenters. The highest BCUT2D eigenvalue weighted by atomic mass is 16.5. The van der Waals surface area contributed by atoms with Crippen molar-refractivity contribution in [3.63, 3.8) is 0 Å². The van der Waals surface area contributed by atoms with E-state index in [-0.39, 0.29) is 0 Å². The van der Waals surface area contributed by atoms with E-state index in [9.17, 15) is 0 Å². The molecule has 0 aliphatic heterocycles. The van der Waals surface area contributed by atoms with E-state index in [2.05, 4.69) is 43.3 Å². The molecule has 0 aliphatic rings. The quantitative estimate of drug-likeness (QED) is 0.625. The molecule has 24 heavy (non-hydrogen) atoms. The largest absolute Gasteiger partial charge is 0.497 e. The average Bonchev–Trinajstić information content (AvgIpc) is 2.68. The maximum absolute atomic E-state index is 5.29. The van der Waals surface area contributed by atoms with Crippen molar-refractivity contribution in [3.05, 3.63) is 102 Å². The third kappa shape index (κ3) is 2.88. The number of rotatable bonds is 5. The van der Waals surface area contributed by atoms with Gasteiger partial charge in [-0.25, -0.2) is 0 Å². The summed E-state index contributed by atoms with van der Waals surface area (Å²) in [6.45, 7) is 4.61. The van der Waals surface area contributed by atoms with Crippen molar-refractivity contribution in [2.24, 2.45) is 0 Å². The molecule has 0 fully saturated rings. The molecule has 1 radical (unpaired) electrons. The molecule has 2 nitrogen and oxygen atoms in total. The zero-order chi connectivity index (χ0) is 17.0. The molecule has 0 bridgehead atoms. The van der Waals surface area contributed by atoms with Crippen LogP contribution in [0, 0.1) is 6.92 Å². The van der Waals surface area contributed by atoms with Gasteiger partial charge < -0.3 is 9.47 Å². The molecule has 0 atom stereocenters. The first kappa shape index (κ1) is 16.1. The lowest BCUT2D eigenvalue weighted by atomic mass is 9.71. The maximum atomic E-state index is 5.29. The first-order chi connectivity index (χ1) is 11.7. The Morgan fingerprint density at radius 3 is 1.33 bits per heavy atom. The first-order valence-corrected chi connectivity index (χ1v) is 7.88. The highest BCUT2D eigenvalue weighted by Gasteiger charge is 2.31. The van der Waals surface area contributed by atoms with Crippen LogP contribution in [0.3, 0.4) is 0 Å². The summed E-state index contributed by atoms with van der Waals surface area (Å²) in [6, 6.07) is 26.5. The third-order valence-electron chi connectivity index (χ3n) is 4.43. The van der Waals surface area contributed by atoms with Gasteiger partial charge in [-0.1, -0.05) is 54.6 Å². The number of hydrogen-bond donors (Lipinski definition) is 0. The Bertz CT molecular complexity index is 727. The standard InChI is InChI=1S/C22H21O2/c1-22(17-7-5-4-6-8-17,18-9-13-20(23-2)14-10-18)19-11-15-21(24-3)16-12-19/h4-16H,1H2,2-3H3. The second-order valence-electron chi connectivity index (χ2n) is 5.73. The van der Waals surface area contributed by atoms with Crippen molar-refractivity contribution < 1.29 is 9.47 Å². The van der Waals surface area contributed by atoms with E-state index < -0.39 is 5.41 Å². The highest BCUT2D eigenvalue weighted by Crippen LogP contribution is 2.39. The van der Waals surface area contributed by atoms with Crippen LogP contribution < -0.4 is 9.47 Å². The van der Waals surface area contributed by atoms with Gasteiger partial charge in [-0.05, 0) is 47.9 Å². The molecule has 3 aromatic rings. The van der Waals surface area contributed by atoms with Crippen molar-refractivity contribution in [1.29, 1.82) is 0 Å². The summed E-state index contributed by atoms with van der Waals surface area (Å²) in [4.78, 5) is 0. The summed E-state index contributed by atoms with van der Waals surface area (Å²) < 4.78 is 10.6. The number of hydrogen-bond acceptors (Lipinski definition) is 2. The molecule has 0 aliphatic carbocycles. The third-order valence-corrected chi connectivity index (χ3v) is 4.43. The van der Waals surface area contributed by atoms with Gasteiger partial charge in [0.25, 0.3) is 0 Å². The smallest absolute Gasteiger partial charge is 0.118 e. The zero-order valence-electron chi connectivity index (χ0n) is 14.0. The van der Waals surface area contributed by atoms with Gasteiger partial charge in [0, 0.05) is 5.41 Å². The second-order valence-corrected chi connectivity index (χ2v) is 5.73. The van der Waals surface area contributed by atoms with Gasteiger partial charge in [0.15, 0.2) is 0 Å². The zero-order valence-corrected chi connectivity index (χ0v) is 14.0. The van der Waals surface area contributed by atoms with Crippen molar-refractivity contribution in [3.8, 4) is 11.5 Å². The molecular weight excluding hydrogens is 296 g/mol. The monoisotopic (exact) mass is 317 g/mol. The Labute approximate surface area is 143 Å². The highest BCUT2D eigenvalue weighted by molar-refractivity contribution is 5.53. The molecular formula is C22H21O2. The van der Waals surface area contributed by atoms with Crippen LogP contribution in [0.25, 0.3) is 0 Å². The molecule has 0 saturated carbocycles. The number of benzene rings is 3. The molecule has 0 N–H and O–H groups in total. The van der Waals surface area contributed by atoms with Crippen LogP contribution in [0.2, 0.25) is 0 Å². The van der Waals surface area contributed by atoms with Crippen molar-refractivity contribution in [2.45, 2.75) is 5.41 Å². The molecule has 2 heteroatoms. The molecule has 121 valence electrons. The minimum atomic E-state index is -0.500. The SMILES string of the molecule is [CH2]C(c1ccccc1)(c1ccc(OC)cc1)c1ccc(OC)cc1. The summed E-state index contributed by atoms with van der Waals surface area (Å²) in [6.07, 6.45) is 0. The van der Waals surface area contributed by atoms with Crippen LogP contribution in [-0.2, 0) is 5.41 Å². The summed E-state index contributed by atoms with van der Waals surface area (Å²) in [5, 5.41) is 0. The van der Waals surface area contributed by atoms with E-state index in [4.69, 9.17) is 9.47 Å². The van der Waals surface area contributed by atoms with Crippen LogP contribution in [0.1, 0.15) is 16.7 Å². The summed E-state index contributed by atoms with van der Waals surface area (Å²) in [7, 11) is 3.35. The van der Waals surface area contributed by atoms with Crippen molar-refractivity contribution in [1.82, 2.24) is 0 Å². The van der Waals surface area contributed by atoms with E-state index in [1.165, 1.54) is 0 Å². The summed E-state index contributed by atoms with van der Waals surface area (Å²) in [5.74, 6) is 1.67. The van der Waals surface area contributed by atoms with Crippen molar-refractivity contribution >= 4 is 0 Å². The molecule has 3 rings (SSSR count). The Kier molecular flexibility index (Phi) is 4.57. The summed E-state index contributed by atoms with van der Waals surface area (Å²) in [5.41, 5.74) is 2.86. The fourth-order valence-electron chi connectivity index (χ4n) is 2.97. The van der Waals surface area contributed by atoms with Gasteiger partial charge in [0.2, 0.25) is 0 Å². The van der Waals surface area contributed by atoms with Crippen LogP contribution in [0.5, 0.6) is 11.5 Å².